The Bertz CT molecular complexity index is 524. The zero-order valence-corrected chi connectivity index (χ0v) is 11.6. The summed E-state index contributed by atoms with van der Waals surface area (Å²) in [6.45, 7) is 4.09. The van der Waals surface area contributed by atoms with Gasteiger partial charge in [0, 0.05) is 11.6 Å². The number of carbonyl (C=O) groups excluding carboxylic acids is 1. The highest BCUT2D eigenvalue weighted by Crippen LogP contribution is 2.23. The van der Waals surface area contributed by atoms with Crippen molar-refractivity contribution < 1.29 is 13.9 Å². The van der Waals surface area contributed by atoms with Gasteiger partial charge in [0.05, 0.1) is 12.6 Å². The van der Waals surface area contributed by atoms with Gasteiger partial charge in [-0.2, -0.15) is 4.98 Å². The fourth-order valence-corrected chi connectivity index (χ4v) is 2.31. The molecule has 0 saturated heterocycles. The molecule has 102 valence electrons. The maximum absolute atomic E-state index is 11.5. The van der Waals surface area contributed by atoms with E-state index in [-0.39, 0.29) is 11.7 Å². The molecule has 0 aliphatic rings. The molecule has 6 nitrogen and oxygen atoms in total. The largest absolute Gasteiger partial charge is 0.461 e. The third-order valence-electron chi connectivity index (χ3n) is 2.44. The average molecular weight is 281 g/mol. The smallest absolute Gasteiger partial charge is 0.360 e. The van der Waals surface area contributed by atoms with Crippen LogP contribution in [0, 0.1) is 0 Å². The number of carbonyl (C=O) groups is 1. The first kappa shape index (κ1) is 13.5. The van der Waals surface area contributed by atoms with E-state index >= 15 is 0 Å². The van der Waals surface area contributed by atoms with E-state index in [2.05, 4.69) is 15.3 Å². The van der Waals surface area contributed by atoms with E-state index in [0.29, 0.717) is 12.6 Å². The first-order valence-corrected chi connectivity index (χ1v) is 6.91. The lowest BCUT2D eigenvalue weighted by molar-refractivity contribution is 0.0519. The third kappa shape index (κ3) is 3.31. The lowest BCUT2D eigenvalue weighted by atomic mass is 10.2. The Morgan fingerprint density at radius 1 is 1.58 bits per heavy atom. The number of nitrogens with zero attached hydrogens (tertiary/aromatic N) is 2. The van der Waals surface area contributed by atoms with Crippen molar-refractivity contribution in [3.63, 3.8) is 0 Å². The molecule has 0 amide bonds. The summed E-state index contributed by atoms with van der Waals surface area (Å²) in [7, 11) is 0. The lowest BCUT2D eigenvalue weighted by Gasteiger charge is -2.11. The van der Waals surface area contributed by atoms with Crippen LogP contribution in [0.3, 0.4) is 0 Å². The number of ether oxygens (including phenoxy) is 1. The molecule has 0 bridgehead atoms. The molecule has 0 aliphatic carbocycles. The van der Waals surface area contributed by atoms with Gasteiger partial charge in [0.25, 0.3) is 6.01 Å². The van der Waals surface area contributed by atoms with Gasteiger partial charge >= 0.3 is 5.97 Å². The Labute approximate surface area is 114 Å². The maximum atomic E-state index is 11.5. The molecule has 0 aliphatic heterocycles. The van der Waals surface area contributed by atoms with Crippen molar-refractivity contribution in [1.82, 2.24) is 9.97 Å². The van der Waals surface area contributed by atoms with Crippen LogP contribution in [0.25, 0.3) is 0 Å². The third-order valence-corrected chi connectivity index (χ3v) is 3.33. The van der Waals surface area contributed by atoms with Gasteiger partial charge in [0.2, 0.25) is 0 Å². The molecule has 0 radical (unpaired) electrons. The molecule has 2 aromatic heterocycles. The summed E-state index contributed by atoms with van der Waals surface area (Å²) >= 11 is 1.56. The normalized spacial score (nSPS) is 12.1. The second-order valence-corrected chi connectivity index (χ2v) is 4.66. The van der Waals surface area contributed by atoms with E-state index in [1.807, 2.05) is 12.3 Å². The number of anilines is 1. The molecule has 1 N–H and O–H groups in total. The number of aromatic nitrogens is 2. The molecule has 7 heteroatoms. The molecule has 19 heavy (non-hydrogen) atoms. The molecule has 0 fully saturated rings. The fourth-order valence-electron chi connectivity index (χ4n) is 1.53. The fraction of sp³-hybridized carbons (Fsp3) is 0.417. The quantitative estimate of drug-likeness (QED) is 0.820. The number of esters is 1. The Morgan fingerprint density at radius 2 is 2.42 bits per heavy atom. The van der Waals surface area contributed by atoms with Gasteiger partial charge < -0.3 is 14.5 Å². The highest BCUT2D eigenvalue weighted by Gasteiger charge is 2.17. The Kier molecular flexibility index (Phi) is 4.51. The summed E-state index contributed by atoms with van der Waals surface area (Å²) in [5.74, 6) is -0.485. The van der Waals surface area contributed by atoms with Gasteiger partial charge in [0.1, 0.15) is 11.3 Å². The summed E-state index contributed by atoms with van der Waals surface area (Å²) in [5, 5.41) is 5.98. The van der Waals surface area contributed by atoms with Gasteiger partial charge in [-0.05, 0) is 13.3 Å². The highest BCUT2D eigenvalue weighted by atomic mass is 32.1. The van der Waals surface area contributed by atoms with Crippen LogP contribution in [0.5, 0.6) is 0 Å². The van der Waals surface area contributed by atoms with Crippen molar-refractivity contribution in [2.45, 2.75) is 26.3 Å². The predicted octanol–water partition coefficient (Wildman–Crippen LogP) is 2.87. The highest BCUT2D eigenvalue weighted by molar-refractivity contribution is 7.09. The number of thiazole rings is 1. The first-order valence-electron chi connectivity index (χ1n) is 6.03. The van der Waals surface area contributed by atoms with E-state index in [1.165, 1.54) is 6.26 Å². The zero-order valence-electron chi connectivity index (χ0n) is 10.8. The van der Waals surface area contributed by atoms with Gasteiger partial charge in [-0.25, -0.2) is 9.78 Å². The summed E-state index contributed by atoms with van der Waals surface area (Å²) in [4.78, 5) is 19.8. The minimum absolute atomic E-state index is 0.0219. The lowest BCUT2D eigenvalue weighted by Crippen LogP contribution is -2.10. The van der Waals surface area contributed by atoms with Crippen LogP contribution in [0.4, 0.5) is 6.01 Å². The zero-order chi connectivity index (χ0) is 13.7. The van der Waals surface area contributed by atoms with Gasteiger partial charge in [0.15, 0.2) is 5.69 Å². The number of hydrogen-bond donors (Lipinski definition) is 1. The monoisotopic (exact) mass is 281 g/mol. The minimum atomic E-state index is -0.485. The van der Waals surface area contributed by atoms with Crippen molar-refractivity contribution in [3.05, 3.63) is 28.5 Å². The van der Waals surface area contributed by atoms with Crippen LogP contribution in [0.15, 0.2) is 22.3 Å². The molecule has 2 rings (SSSR count). The van der Waals surface area contributed by atoms with E-state index < -0.39 is 5.97 Å². The molecular formula is C12H15N3O3S. The number of oxazole rings is 1. The summed E-state index contributed by atoms with van der Waals surface area (Å²) in [6, 6.07) is 0.318. The van der Waals surface area contributed by atoms with Crippen LogP contribution in [0.2, 0.25) is 0 Å². The summed E-state index contributed by atoms with van der Waals surface area (Å²) in [6.07, 6.45) is 3.88. The Morgan fingerprint density at radius 3 is 3.05 bits per heavy atom. The molecule has 0 spiro atoms. The van der Waals surface area contributed by atoms with Crippen molar-refractivity contribution in [2.24, 2.45) is 0 Å². The van der Waals surface area contributed by atoms with Gasteiger partial charge in [-0.1, -0.05) is 6.92 Å². The minimum Gasteiger partial charge on any atom is -0.461 e. The number of rotatable bonds is 6. The van der Waals surface area contributed by atoms with Crippen molar-refractivity contribution in [1.29, 1.82) is 0 Å². The second kappa shape index (κ2) is 6.33. The topological polar surface area (TPSA) is 77.2 Å². The second-order valence-electron chi connectivity index (χ2n) is 3.73. The van der Waals surface area contributed by atoms with E-state index in [1.54, 1.807) is 24.5 Å². The van der Waals surface area contributed by atoms with Crippen LogP contribution in [-0.2, 0) is 4.74 Å². The van der Waals surface area contributed by atoms with Gasteiger partial charge in [-0.15, -0.1) is 11.3 Å². The van der Waals surface area contributed by atoms with Crippen LogP contribution in [0.1, 0.15) is 41.8 Å². The van der Waals surface area contributed by atoms with Crippen LogP contribution >= 0.6 is 11.3 Å². The van der Waals surface area contributed by atoms with Crippen LogP contribution < -0.4 is 5.32 Å². The molecular weight excluding hydrogens is 266 g/mol. The number of hydrogen-bond acceptors (Lipinski definition) is 7. The van der Waals surface area contributed by atoms with Crippen LogP contribution in [-0.4, -0.2) is 22.5 Å². The molecule has 1 unspecified atom stereocenters. The van der Waals surface area contributed by atoms with Gasteiger partial charge in [-0.3, -0.25) is 0 Å². The Hall–Kier alpha value is -1.89. The Balaban J connectivity index is 2.04. The average Bonchev–Trinajstić information content (AvgIpc) is 3.07. The maximum Gasteiger partial charge on any atom is 0.360 e. The van der Waals surface area contributed by atoms with Crippen molar-refractivity contribution >= 4 is 23.3 Å². The first-order chi connectivity index (χ1) is 9.24. The van der Waals surface area contributed by atoms with E-state index in [4.69, 9.17) is 9.15 Å². The predicted molar refractivity (Wildman–Crippen MR) is 71.2 cm³/mol. The van der Waals surface area contributed by atoms with Crippen molar-refractivity contribution in [2.75, 3.05) is 11.9 Å². The summed E-state index contributed by atoms with van der Waals surface area (Å²) < 4.78 is 10.1. The molecule has 0 aromatic carbocycles. The van der Waals surface area contributed by atoms with Crippen molar-refractivity contribution in [3.8, 4) is 0 Å². The molecule has 1 atom stereocenters. The summed E-state index contributed by atoms with van der Waals surface area (Å²) in [5.41, 5.74) is 0.165. The molecule has 2 aromatic rings. The SMILES string of the molecule is CCOC(=O)c1coc(NC(CC)c2nccs2)n1. The van der Waals surface area contributed by atoms with E-state index in [0.717, 1.165) is 11.4 Å². The number of nitrogens with one attached hydrogen (secondary N) is 1. The standard InChI is InChI=1S/C12H15N3O3S/c1-3-8(10-13-5-6-19-10)14-12-15-9(7-18-12)11(16)17-4-2/h5-8H,3-4H2,1-2H3,(H,14,15). The molecule has 2 heterocycles. The molecule has 0 saturated carbocycles. The van der Waals surface area contributed by atoms with E-state index in [9.17, 15) is 4.79 Å².